The highest BCUT2D eigenvalue weighted by Crippen LogP contribution is 2.14. The summed E-state index contributed by atoms with van der Waals surface area (Å²) in [5.41, 5.74) is 0. The van der Waals surface area contributed by atoms with Gasteiger partial charge in [-0.05, 0) is 31.6 Å². The first-order valence-corrected chi connectivity index (χ1v) is 6.61. The molecule has 18 heavy (non-hydrogen) atoms. The molecule has 0 aliphatic heterocycles. The summed E-state index contributed by atoms with van der Waals surface area (Å²) in [7, 11) is 0. The molecule has 0 rings (SSSR count). The van der Waals surface area contributed by atoms with E-state index in [9.17, 15) is 9.59 Å². The summed E-state index contributed by atoms with van der Waals surface area (Å²) in [5, 5.41) is 14.4. The van der Waals surface area contributed by atoms with Gasteiger partial charge in [-0.25, -0.2) is 4.79 Å². The maximum atomic E-state index is 11.5. The van der Waals surface area contributed by atoms with Crippen LogP contribution in [-0.4, -0.2) is 29.7 Å². The Balaban J connectivity index is 4.08. The number of rotatable bonds is 8. The molecule has 0 spiro atoms. The van der Waals surface area contributed by atoms with Gasteiger partial charge >= 0.3 is 12.0 Å². The molecule has 106 valence electrons. The number of carboxylic acid groups (broad SMARTS) is 1. The van der Waals surface area contributed by atoms with E-state index in [0.717, 1.165) is 12.8 Å². The van der Waals surface area contributed by atoms with Gasteiger partial charge in [0.05, 0.1) is 0 Å². The molecule has 3 N–H and O–H groups in total. The lowest BCUT2D eigenvalue weighted by Gasteiger charge is -2.19. The highest BCUT2D eigenvalue weighted by Gasteiger charge is 2.16. The molecule has 5 nitrogen and oxygen atoms in total. The summed E-state index contributed by atoms with van der Waals surface area (Å²) >= 11 is 0. The molecule has 0 saturated carbocycles. The van der Waals surface area contributed by atoms with Crippen molar-refractivity contribution >= 4 is 12.0 Å². The van der Waals surface area contributed by atoms with Gasteiger partial charge < -0.3 is 15.7 Å². The number of amides is 2. The third-order valence-corrected chi connectivity index (χ3v) is 2.81. The highest BCUT2D eigenvalue weighted by atomic mass is 16.4. The van der Waals surface area contributed by atoms with Crippen molar-refractivity contribution in [2.24, 2.45) is 11.8 Å². The van der Waals surface area contributed by atoms with Crippen molar-refractivity contribution in [2.75, 3.05) is 6.54 Å². The number of urea groups is 1. The minimum absolute atomic E-state index is 0.00909. The summed E-state index contributed by atoms with van der Waals surface area (Å²) in [6, 6.07) is -0.0866. The predicted molar refractivity (Wildman–Crippen MR) is 71.5 cm³/mol. The Morgan fingerprint density at radius 1 is 1.22 bits per heavy atom. The van der Waals surface area contributed by atoms with Gasteiger partial charge in [0, 0.05) is 19.0 Å². The van der Waals surface area contributed by atoms with Crippen LogP contribution in [0.2, 0.25) is 0 Å². The summed E-state index contributed by atoms with van der Waals surface area (Å²) in [6.07, 6.45) is 1.77. The van der Waals surface area contributed by atoms with E-state index in [1.165, 1.54) is 0 Å². The number of carboxylic acids is 1. The first-order valence-electron chi connectivity index (χ1n) is 6.61. The Hall–Kier alpha value is -1.26. The normalized spacial score (nSPS) is 14.1. The van der Waals surface area contributed by atoms with Crippen LogP contribution in [0.25, 0.3) is 0 Å². The summed E-state index contributed by atoms with van der Waals surface area (Å²) in [6.45, 7) is 8.44. The Bertz CT molecular complexity index is 267. The van der Waals surface area contributed by atoms with Crippen LogP contribution in [0.4, 0.5) is 4.79 Å². The molecule has 0 radical (unpaired) electrons. The van der Waals surface area contributed by atoms with Crippen LogP contribution < -0.4 is 10.6 Å². The van der Waals surface area contributed by atoms with Crippen molar-refractivity contribution in [1.82, 2.24) is 10.6 Å². The molecule has 2 amide bonds. The maximum Gasteiger partial charge on any atom is 0.315 e. The Morgan fingerprint density at radius 2 is 1.83 bits per heavy atom. The number of nitrogens with one attached hydrogen (secondary N) is 2. The van der Waals surface area contributed by atoms with Gasteiger partial charge in [-0.1, -0.05) is 20.8 Å². The summed E-state index contributed by atoms with van der Waals surface area (Å²) in [4.78, 5) is 22.3. The van der Waals surface area contributed by atoms with Crippen molar-refractivity contribution in [2.45, 2.75) is 53.0 Å². The van der Waals surface area contributed by atoms with Gasteiger partial charge in [-0.2, -0.15) is 0 Å². The minimum Gasteiger partial charge on any atom is -0.481 e. The molecule has 0 aliphatic carbocycles. The number of carbonyl (C=O) groups excluding carboxylic acids is 1. The molecule has 0 saturated heterocycles. The Labute approximate surface area is 109 Å². The van der Waals surface area contributed by atoms with Crippen molar-refractivity contribution in [3.8, 4) is 0 Å². The van der Waals surface area contributed by atoms with Gasteiger partial charge in [-0.15, -0.1) is 0 Å². The lowest BCUT2D eigenvalue weighted by molar-refractivity contribution is -0.138. The number of hydrogen-bond donors (Lipinski definition) is 3. The number of carbonyl (C=O) groups is 2. The standard InChI is InChI=1S/C13H26N2O3/c1-5-10(4)15-13(18)14-8-11(6-9(2)3)7-12(16)17/h9-11H,5-8H2,1-4H3,(H,16,17)(H2,14,15,18). The summed E-state index contributed by atoms with van der Waals surface area (Å²) in [5.74, 6) is -0.399. The van der Waals surface area contributed by atoms with Gasteiger partial charge in [0.2, 0.25) is 0 Å². The SMILES string of the molecule is CCC(C)NC(=O)NCC(CC(=O)O)CC(C)C. The van der Waals surface area contributed by atoms with Gasteiger partial charge in [0.15, 0.2) is 0 Å². The summed E-state index contributed by atoms with van der Waals surface area (Å²) < 4.78 is 0. The zero-order valence-electron chi connectivity index (χ0n) is 11.8. The van der Waals surface area contributed by atoms with E-state index in [1.807, 2.05) is 27.7 Å². The quantitative estimate of drug-likeness (QED) is 0.624. The predicted octanol–water partition coefficient (Wildman–Crippen LogP) is 2.22. The average molecular weight is 258 g/mol. The average Bonchev–Trinajstić information content (AvgIpc) is 2.24. The first-order chi connectivity index (χ1) is 8.35. The van der Waals surface area contributed by atoms with Crippen LogP contribution in [0.3, 0.4) is 0 Å². The molecule has 0 bridgehead atoms. The fourth-order valence-corrected chi connectivity index (χ4v) is 1.77. The third kappa shape index (κ3) is 8.84. The molecule has 0 heterocycles. The van der Waals surface area contributed by atoms with Crippen LogP contribution in [-0.2, 0) is 4.79 Å². The van der Waals surface area contributed by atoms with Crippen molar-refractivity contribution in [3.63, 3.8) is 0 Å². The molecule has 5 heteroatoms. The Morgan fingerprint density at radius 3 is 2.28 bits per heavy atom. The smallest absolute Gasteiger partial charge is 0.315 e. The maximum absolute atomic E-state index is 11.5. The van der Waals surface area contributed by atoms with Crippen LogP contribution in [0, 0.1) is 11.8 Å². The highest BCUT2D eigenvalue weighted by molar-refractivity contribution is 5.74. The zero-order chi connectivity index (χ0) is 14.1. The zero-order valence-corrected chi connectivity index (χ0v) is 11.8. The molecule has 0 aromatic heterocycles. The monoisotopic (exact) mass is 258 g/mol. The van der Waals surface area contributed by atoms with E-state index >= 15 is 0 Å². The van der Waals surface area contributed by atoms with Crippen molar-refractivity contribution in [1.29, 1.82) is 0 Å². The Kier molecular flexibility index (Phi) is 8.16. The van der Waals surface area contributed by atoms with E-state index in [1.54, 1.807) is 0 Å². The molecular formula is C13H26N2O3. The second-order valence-electron chi connectivity index (χ2n) is 5.26. The third-order valence-electron chi connectivity index (χ3n) is 2.81. The second-order valence-corrected chi connectivity index (χ2v) is 5.26. The fourth-order valence-electron chi connectivity index (χ4n) is 1.77. The molecule has 0 aliphatic rings. The minimum atomic E-state index is -0.815. The fraction of sp³-hybridized carbons (Fsp3) is 0.846. The molecular weight excluding hydrogens is 232 g/mol. The van der Waals surface area contributed by atoms with Crippen molar-refractivity contribution in [3.05, 3.63) is 0 Å². The van der Waals surface area contributed by atoms with Crippen LogP contribution in [0.1, 0.15) is 47.0 Å². The van der Waals surface area contributed by atoms with Crippen LogP contribution in [0.15, 0.2) is 0 Å². The lowest BCUT2D eigenvalue weighted by Crippen LogP contribution is -2.42. The molecule has 0 fully saturated rings. The molecule has 2 atom stereocenters. The van der Waals surface area contributed by atoms with Gasteiger partial charge in [0.25, 0.3) is 0 Å². The largest absolute Gasteiger partial charge is 0.481 e. The van der Waals surface area contributed by atoms with E-state index in [4.69, 9.17) is 5.11 Å². The molecule has 2 unspecified atom stereocenters. The second kappa shape index (κ2) is 8.78. The topological polar surface area (TPSA) is 78.4 Å². The van der Waals surface area contributed by atoms with Crippen LogP contribution >= 0.6 is 0 Å². The van der Waals surface area contributed by atoms with E-state index < -0.39 is 5.97 Å². The van der Waals surface area contributed by atoms with E-state index in [2.05, 4.69) is 10.6 Å². The van der Waals surface area contributed by atoms with Gasteiger partial charge in [-0.3, -0.25) is 4.79 Å². The van der Waals surface area contributed by atoms with E-state index in [-0.39, 0.29) is 24.4 Å². The lowest BCUT2D eigenvalue weighted by atomic mass is 9.94. The number of hydrogen-bond acceptors (Lipinski definition) is 2. The molecule has 0 aromatic rings. The van der Waals surface area contributed by atoms with Crippen molar-refractivity contribution < 1.29 is 14.7 Å². The van der Waals surface area contributed by atoms with E-state index in [0.29, 0.717) is 12.5 Å². The van der Waals surface area contributed by atoms with Gasteiger partial charge in [0.1, 0.15) is 0 Å². The van der Waals surface area contributed by atoms with Crippen LogP contribution in [0.5, 0.6) is 0 Å². The first kappa shape index (κ1) is 16.7. The molecule has 0 aromatic carbocycles. The number of aliphatic carboxylic acids is 1.